The molecule has 0 aliphatic carbocycles. The van der Waals surface area contributed by atoms with Crippen LogP contribution in [0.25, 0.3) is 0 Å². The third-order valence-corrected chi connectivity index (χ3v) is 3.65. The Bertz CT molecular complexity index is 743. The number of rotatable bonds is 6. The van der Waals surface area contributed by atoms with E-state index >= 15 is 0 Å². The van der Waals surface area contributed by atoms with Crippen molar-refractivity contribution in [3.63, 3.8) is 0 Å². The monoisotopic (exact) mass is 330 g/mol. The van der Waals surface area contributed by atoms with E-state index in [9.17, 15) is 20.0 Å². The molecular formula is C17H18N2O5. The number of carbonyl (C=O) groups excluding carboxylic acids is 1. The minimum absolute atomic E-state index is 0.0928. The second-order valence-corrected chi connectivity index (χ2v) is 5.17. The largest absolute Gasteiger partial charge is 0.508 e. The van der Waals surface area contributed by atoms with Crippen molar-refractivity contribution in [3.05, 3.63) is 63.7 Å². The van der Waals surface area contributed by atoms with Gasteiger partial charge in [0, 0.05) is 0 Å². The maximum atomic E-state index is 12.4. The fraction of sp³-hybridized carbons (Fsp3) is 0.235. The minimum Gasteiger partial charge on any atom is -0.508 e. The quantitative estimate of drug-likeness (QED) is 0.625. The van der Waals surface area contributed by atoms with Crippen LogP contribution < -0.4 is 10.1 Å². The molecule has 126 valence electrons. The lowest BCUT2D eigenvalue weighted by Gasteiger charge is -2.18. The molecule has 7 nitrogen and oxygen atoms in total. The maximum absolute atomic E-state index is 12.4. The lowest BCUT2D eigenvalue weighted by Crippen LogP contribution is -2.28. The molecular weight excluding hydrogens is 312 g/mol. The molecule has 0 aliphatic heterocycles. The highest BCUT2D eigenvalue weighted by atomic mass is 16.6. The van der Waals surface area contributed by atoms with Crippen molar-refractivity contribution in [2.45, 2.75) is 19.4 Å². The molecule has 0 bridgehead atoms. The van der Waals surface area contributed by atoms with Crippen molar-refractivity contribution in [1.82, 2.24) is 5.32 Å². The molecule has 0 unspecified atom stereocenters. The van der Waals surface area contributed by atoms with Gasteiger partial charge >= 0.3 is 0 Å². The van der Waals surface area contributed by atoms with E-state index in [1.54, 1.807) is 19.2 Å². The van der Waals surface area contributed by atoms with Gasteiger partial charge in [0.05, 0.1) is 24.1 Å². The summed E-state index contributed by atoms with van der Waals surface area (Å²) in [6.07, 6.45) is 0.615. The lowest BCUT2D eigenvalue weighted by atomic mass is 10.0. The van der Waals surface area contributed by atoms with E-state index in [4.69, 9.17) is 4.74 Å². The lowest BCUT2D eigenvalue weighted by molar-refractivity contribution is -0.385. The molecule has 0 fully saturated rings. The first kappa shape index (κ1) is 17.3. The van der Waals surface area contributed by atoms with E-state index in [0.29, 0.717) is 12.2 Å². The highest BCUT2D eigenvalue weighted by Gasteiger charge is 2.23. The first-order chi connectivity index (χ1) is 11.5. The molecule has 2 aromatic carbocycles. The second-order valence-electron chi connectivity index (χ2n) is 5.17. The molecule has 2 aromatic rings. The molecule has 2 N–H and O–H groups in total. The van der Waals surface area contributed by atoms with Gasteiger partial charge in [0.2, 0.25) is 0 Å². The Morgan fingerprint density at radius 1 is 1.29 bits per heavy atom. The standard InChI is InChI=1S/C17H18N2O5/c1-3-15(11-4-7-13(24-2)8-5-11)18-17(21)14-9-6-12(20)10-16(14)19(22)23/h4-10,15,20H,3H2,1-2H3,(H,18,21)/t15-/m0/s1. The van der Waals surface area contributed by atoms with Gasteiger partial charge < -0.3 is 15.2 Å². The molecule has 0 aromatic heterocycles. The Hall–Kier alpha value is -3.09. The molecule has 0 radical (unpaired) electrons. The van der Waals surface area contributed by atoms with Gasteiger partial charge in [0.25, 0.3) is 11.6 Å². The SMILES string of the molecule is CC[C@H](NC(=O)c1ccc(O)cc1[N+](=O)[O-])c1ccc(OC)cc1. The van der Waals surface area contributed by atoms with Crippen molar-refractivity contribution in [2.24, 2.45) is 0 Å². The summed E-state index contributed by atoms with van der Waals surface area (Å²) >= 11 is 0. The number of aromatic hydroxyl groups is 1. The normalized spacial score (nSPS) is 11.6. The molecule has 0 saturated heterocycles. The number of nitro groups is 1. The van der Waals surface area contributed by atoms with Gasteiger partial charge in [0.15, 0.2) is 0 Å². The van der Waals surface area contributed by atoms with Gasteiger partial charge in [-0.05, 0) is 36.2 Å². The summed E-state index contributed by atoms with van der Waals surface area (Å²) in [6, 6.07) is 10.4. The summed E-state index contributed by atoms with van der Waals surface area (Å²) in [7, 11) is 1.57. The predicted octanol–water partition coefficient (Wildman–Crippen LogP) is 3.19. The summed E-state index contributed by atoms with van der Waals surface area (Å²) in [5, 5.41) is 23.2. The van der Waals surface area contributed by atoms with Gasteiger partial charge in [-0.15, -0.1) is 0 Å². The van der Waals surface area contributed by atoms with E-state index in [-0.39, 0.29) is 17.4 Å². The number of nitro benzene ring substituents is 1. The molecule has 24 heavy (non-hydrogen) atoms. The fourth-order valence-corrected chi connectivity index (χ4v) is 2.36. The van der Waals surface area contributed by atoms with Gasteiger partial charge in [0.1, 0.15) is 17.1 Å². The highest BCUT2D eigenvalue weighted by Crippen LogP contribution is 2.26. The number of nitrogens with zero attached hydrogens (tertiary/aromatic N) is 1. The molecule has 0 spiro atoms. The van der Waals surface area contributed by atoms with Crippen molar-refractivity contribution in [2.75, 3.05) is 7.11 Å². The van der Waals surface area contributed by atoms with Crippen molar-refractivity contribution < 1.29 is 19.6 Å². The van der Waals surface area contributed by atoms with Crippen LogP contribution in [0.2, 0.25) is 0 Å². The van der Waals surface area contributed by atoms with Gasteiger partial charge in [-0.25, -0.2) is 0 Å². The van der Waals surface area contributed by atoms with Crippen molar-refractivity contribution >= 4 is 11.6 Å². The topological polar surface area (TPSA) is 102 Å². The fourth-order valence-electron chi connectivity index (χ4n) is 2.36. The average Bonchev–Trinajstić information content (AvgIpc) is 2.59. The average molecular weight is 330 g/mol. The maximum Gasteiger partial charge on any atom is 0.285 e. The van der Waals surface area contributed by atoms with Crippen LogP contribution in [-0.4, -0.2) is 23.0 Å². The van der Waals surface area contributed by atoms with Crippen LogP contribution in [0.1, 0.15) is 35.3 Å². The van der Waals surface area contributed by atoms with Crippen LogP contribution in [0.4, 0.5) is 5.69 Å². The number of carbonyl (C=O) groups is 1. The summed E-state index contributed by atoms with van der Waals surface area (Å²) in [6.45, 7) is 1.90. The van der Waals surface area contributed by atoms with Crippen LogP contribution in [0.5, 0.6) is 11.5 Å². The van der Waals surface area contributed by atoms with E-state index in [0.717, 1.165) is 11.6 Å². The Morgan fingerprint density at radius 2 is 1.96 bits per heavy atom. The van der Waals surface area contributed by atoms with Crippen LogP contribution >= 0.6 is 0 Å². The number of hydrogen-bond donors (Lipinski definition) is 2. The molecule has 1 amide bonds. The summed E-state index contributed by atoms with van der Waals surface area (Å²) < 4.78 is 5.10. The summed E-state index contributed by atoms with van der Waals surface area (Å²) in [4.78, 5) is 22.8. The number of benzene rings is 2. The zero-order chi connectivity index (χ0) is 17.7. The van der Waals surface area contributed by atoms with E-state index in [1.165, 1.54) is 12.1 Å². The van der Waals surface area contributed by atoms with E-state index in [2.05, 4.69) is 5.32 Å². The van der Waals surface area contributed by atoms with Gasteiger partial charge in [-0.1, -0.05) is 19.1 Å². The predicted molar refractivity (Wildman–Crippen MR) is 88.3 cm³/mol. The third-order valence-electron chi connectivity index (χ3n) is 3.65. The first-order valence-electron chi connectivity index (χ1n) is 7.38. The van der Waals surface area contributed by atoms with Gasteiger partial charge in [-0.3, -0.25) is 14.9 Å². The molecule has 7 heteroatoms. The summed E-state index contributed by atoms with van der Waals surface area (Å²) in [5.41, 5.74) is 0.343. The number of nitrogens with one attached hydrogen (secondary N) is 1. The number of amides is 1. The third kappa shape index (κ3) is 3.81. The first-order valence-corrected chi connectivity index (χ1v) is 7.38. The smallest absolute Gasteiger partial charge is 0.285 e. The minimum atomic E-state index is -0.692. The molecule has 0 aliphatic rings. The summed E-state index contributed by atoms with van der Waals surface area (Å²) in [5.74, 6) is -0.126. The van der Waals surface area contributed by atoms with Crippen LogP contribution in [0.15, 0.2) is 42.5 Å². The molecule has 0 heterocycles. The van der Waals surface area contributed by atoms with Crippen molar-refractivity contribution in [1.29, 1.82) is 0 Å². The van der Waals surface area contributed by atoms with Gasteiger partial charge in [-0.2, -0.15) is 0 Å². The molecule has 0 saturated carbocycles. The van der Waals surface area contributed by atoms with Crippen molar-refractivity contribution in [3.8, 4) is 11.5 Å². The Kier molecular flexibility index (Phi) is 5.36. The second kappa shape index (κ2) is 7.45. The number of phenols is 1. The Balaban J connectivity index is 2.24. The van der Waals surface area contributed by atoms with E-state index in [1.807, 2.05) is 19.1 Å². The zero-order valence-electron chi connectivity index (χ0n) is 13.4. The number of methoxy groups -OCH3 is 1. The van der Waals surface area contributed by atoms with Crippen LogP contribution in [-0.2, 0) is 0 Å². The van der Waals surface area contributed by atoms with Crippen LogP contribution in [0.3, 0.4) is 0 Å². The Morgan fingerprint density at radius 3 is 2.50 bits per heavy atom. The highest BCUT2D eigenvalue weighted by molar-refractivity contribution is 5.98. The molecule has 2 rings (SSSR count). The molecule has 1 atom stereocenters. The number of phenolic OH excluding ortho intramolecular Hbond substituents is 1. The number of hydrogen-bond acceptors (Lipinski definition) is 5. The number of ether oxygens (including phenoxy) is 1. The van der Waals surface area contributed by atoms with Crippen LogP contribution in [0, 0.1) is 10.1 Å². The van der Waals surface area contributed by atoms with E-state index < -0.39 is 16.5 Å². The zero-order valence-corrected chi connectivity index (χ0v) is 13.4. The Labute approximate surface area is 139 Å².